The molecule has 0 bridgehead atoms. The minimum absolute atomic E-state index is 0.214. The quantitative estimate of drug-likeness (QED) is 0.821. The van der Waals surface area contributed by atoms with Gasteiger partial charge in [0.25, 0.3) is 0 Å². The van der Waals surface area contributed by atoms with Crippen LogP contribution in [-0.2, 0) is 9.59 Å². The monoisotopic (exact) mass is 241 g/mol. The number of amides is 1. The van der Waals surface area contributed by atoms with Gasteiger partial charge in [-0.25, -0.2) is 8.78 Å². The first-order valence-corrected chi connectivity index (χ1v) is 5.14. The van der Waals surface area contributed by atoms with Crippen molar-refractivity contribution < 1.29 is 18.4 Å². The Morgan fingerprint density at radius 3 is 2.47 bits per heavy atom. The van der Waals surface area contributed by atoms with Crippen molar-refractivity contribution in [1.29, 1.82) is 0 Å². The fraction of sp³-hybridized carbons (Fsp3) is 0.333. The Balaban J connectivity index is 2.69. The second-order valence-corrected chi connectivity index (χ2v) is 3.84. The van der Waals surface area contributed by atoms with Crippen LogP contribution in [0.2, 0.25) is 0 Å². The van der Waals surface area contributed by atoms with E-state index in [1.54, 1.807) is 6.92 Å². The van der Waals surface area contributed by atoms with Crippen molar-refractivity contribution in [2.24, 2.45) is 0 Å². The summed E-state index contributed by atoms with van der Waals surface area (Å²) in [6.07, 6.45) is -0.214. The van der Waals surface area contributed by atoms with E-state index in [1.165, 1.54) is 13.0 Å². The van der Waals surface area contributed by atoms with Gasteiger partial charge in [0.1, 0.15) is 5.78 Å². The summed E-state index contributed by atoms with van der Waals surface area (Å²) in [5, 5.41) is 2.53. The molecule has 1 rings (SSSR count). The van der Waals surface area contributed by atoms with Gasteiger partial charge in [0.05, 0.1) is 12.5 Å². The smallest absolute Gasteiger partial charge is 0.227 e. The van der Waals surface area contributed by atoms with Gasteiger partial charge in [0.15, 0.2) is 11.6 Å². The van der Waals surface area contributed by atoms with E-state index >= 15 is 0 Å². The molecule has 0 aliphatic rings. The van der Waals surface area contributed by atoms with E-state index in [0.29, 0.717) is 5.56 Å². The molecule has 1 N–H and O–H groups in total. The van der Waals surface area contributed by atoms with Crippen molar-refractivity contribution in [1.82, 2.24) is 5.32 Å². The second-order valence-electron chi connectivity index (χ2n) is 3.84. The van der Waals surface area contributed by atoms with Gasteiger partial charge in [0.2, 0.25) is 5.91 Å². The summed E-state index contributed by atoms with van der Waals surface area (Å²) in [7, 11) is 0. The van der Waals surface area contributed by atoms with Crippen LogP contribution in [0, 0.1) is 11.6 Å². The average molecular weight is 241 g/mol. The van der Waals surface area contributed by atoms with Crippen LogP contribution in [0.1, 0.15) is 31.9 Å². The zero-order valence-corrected chi connectivity index (χ0v) is 9.59. The van der Waals surface area contributed by atoms with E-state index in [2.05, 4.69) is 5.32 Å². The van der Waals surface area contributed by atoms with Gasteiger partial charge < -0.3 is 5.32 Å². The third-order valence-corrected chi connectivity index (χ3v) is 2.23. The lowest BCUT2D eigenvalue weighted by Gasteiger charge is -2.14. The number of carbonyl (C=O) groups is 2. The summed E-state index contributed by atoms with van der Waals surface area (Å²) in [5.41, 5.74) is 0.445. The molecule has 1 aromatic rings. The van der Waals surface area contributed by atoms with Crippen molar-refractivity contribution in [3.05, 3.63) is 35.4 Å². The van der Waals surface area contributed by atoms with Gasteiger partial charge in [-0.3, -0.25) is 9.59 Å². The van der Waals surface area contributed by atoms with Crippen molar-refractivity contribution in [2.45, 2.75) is 26.3 Å². The third-order valence-electron chi connectivity index (χ3n) is 2.23. The zero-order chi connectivity index (χ0) is 13.0. The average Bonchev–Trinajstić information content (AvgIpc) is 2.20. The van der Waals surface area contributed by atoms with E-state index in [4.69, 9.17) is 0 Å². The highest BCUT2D eigenvalue weighted by molar-refractivity contribution is 5.96. The number of halogens is 2. The van der Waals surface area contributed by atoms with E-state index in [0.717, 1.165) is 12.1 Å². The Labute approximate surface area is 97.8 Å². The molecule has 1 atom stereocenters. The molecule has 1 unspecified atom stereocenters. The molecule has 0 aromatic heterocycles. The molecule has 0 radical (unpaired) electrons. The molecule has 3 nitrogen and oxygen atoms in total. The summed E-state index contributed by atoms with van der Waals surface area (Å²) in [5.74, 6) is -2.58. The van der Waals surface area contributed by atoms with Crippen molar-refractivity contribution in [2.75, 3.05) is 0 Å². The molecule has 92 valence electrons. The van der Waals surface area contributed by atoms with E-state index in [-0.39, 0.29) is 12.2 Å². The number of ketones is 1. The van der Waals surface area contributed by atoms with Gasteiger partial charge in [0, 0.05) is 0 Å². The van der Waals surface area contributed by atoms with Crippen LogP contribution in [0.5, 0.6) is 0 Å². The summed E-state index contributed by atoms with van der Waals surface area (Å²) >= 11 is 0. The molecular weight excluding hydrogens is 228 g/mol. The summed E-state index contributed by atoms with van der Waals surface area (Å²) in [6.45, 7) is 2.94. The first-order chi connectivity index (χ1) is 7.90. The van der Waals surface area contributed by atoms with Crippen LogP contribution in [0.4, 0.5) is 8.78 Å². The molecule has 17 heavy (non-hydrogen) atoms. The number of nitrogens with one attached hydrogen (secondary N) is 1. The van der Waals surface area contributed by atoms with Crippen molar-refractivity contribution in [3.8, 4) is 0 Å². The van der Waals surface area contributed by atoms with Gasteiger partial charge in [-0.1, -0.05) is 6.07 Å². The normalized spacial score (nSPS) is 12.0. The highest BCUT2D eigenvalue weighted by Crippen LogP contribution is 2.15. The van der Waals surface area contributed by atoms with Gasteiger partial charge >= 0.3 is 0 Å². The molecule has 1 amide bonds. The number of benzene rings is 1. The van der Waals surface area contributed by atoms with Crippen LogP contribution in [-0.4, -0.2) is 11.7 Å². The zero-order valence-electron chi connectivity index (χ0n) is 9.59. The van der Waals surface area contributed by atoms with Crippen LogP contribution in [0.15, 0.2) is 18.2 Å². The molecular formula is C12H13F2NO2. The van der Waals surface area contributed by atoms with Gasteiger partial charge in [-0.2, -0.15) is 0 Å². The Bertz CT molecular complexity index is 446. The highest BCUT2D eigenvalue weighted by atomic mass is 19.2. The van der Waals surface area contributed by atoms with Gasteiger partial charge in [-0.15, -0.1) is 0 Å². The molecule has 0 heterocycles. The second kappa shape index (κ2) is 5.52. The maximum Gasteiger partial charge on any atom is 0.227 e. The van der Waals surface area contributed by atoms with Gasteiger partial charge in [-0.05, 0) is 31.5 Å². The fourth-order valence-electron chi connectivity index (χ4n) is 1.38. The summed E-state index contributed by atoms with van der Waals surface area (Å²) in [4.78, 5) is 22.0. The maximum atomic E-state index is 12.9. The minimum Gasteiger partial charge on any atom is -0.349 e. The largest absolute Gasteiger partial charge is 0.349 e. The molecule has 1 aromatic carbocycles. The number of rotatable bonds is 4. The maximum absolute atomic E-state index is 12.9. The predicted molar refractivity (Wildman–Crippen MR) is 58.2 cm³/mol. The number of carbonyl (C=O) groups excluding carboxylic acids is 2. The predicted octanol–water partition coefficient (Wildman–Crippen LogP) is 2.12. The highest BCUT2D eigenvalue weighted by Gasteiger charge is 2.12. The third kappa shape index (κ3) is 3.94. The molecule has 0 aliphatic carbocycles. The minimum atomic E-state index is -0.963. The van der Waals surface area contributed by atoms with Crippen LogP contribution < -0.4 is 5.32 Å². The summed E-state index contributed by atoms with van der Waals surface area (Å²) < 4.78 is 25.6. The number of hydrogen-bond acceptors (Lipinski definition) is 2. The van der Waals surface area contributed by atoms with Crippen LogP contribution in [0.25, 0.3) is 0 Å². The lowest BCUT2D eigenvalue weighted by molar-refractivity contribution is -0.127. The van der Waals surface area contributed by atoms with Crippen molar-refractivity contribution in [3.63, 3.8) is 0 Å². The molecule has 0 aliphatic heterocycles. The summed E-state index contributed by atoms with van der Waals surface area (Å²) in [6, 6.07) is 2.93. The topological polar surface area (TPSA) is 46.2 Å². The van der Waals surface area contributed by atoms with E-state index in [9.17, 15) is 18.4 Å². The van der Waals surface area contributed by atoms with Crippen molar-refractivity contribution >= 4 is 11.7 Å². The Morgan fingerprint density at radius 2 is 1.94 bits per heavy atom. The first-order valence-electron chi connectivity index (χ1n) is 5.14. The lowest BCUT2D eigenvalue weighted by Crippen LogP contribution is -2.28. The Morgan fingerprint density at radius 1 is 1.29 bits per heavy atom. The lowest BCUT2D eigenvalue weighted by atomic mass is 10.1. The molecule has 5 heteroatoms. The Kier molecular flexibility index (Phi) is 4.31. The molecule has 0 fully saturated rings. The standard InChI is InChI=1S/C12H13F2NO2/c1-7(16)5-12(17)15-8(2)9-3-4-10(13)11(14)6-9/h3-4,6,8H,5H2,1-2H3,(H,15,17). The number of Topliss-reactive ketones (excluding diaryl/α,β-unsaturated/α-hetero) is 1. The van der Waals surface area contributed by atoms with E-state index < -0.39 is 23.6 Å². The van der Waals surface area contributed by atoms with Crippen LogP contribution >= 0.6 is 0 Å². The first kappa shape index (κ1) is 13.3. The number of hydrogen-bond donors (Lipinski definition) is 1. The van der Waals surface area contributed by atoms with E-state index in [1.807, 2.05) is 0 Å². The molecule has 0 saturated heterocycles. The fourth-order valence-corrected chi connectivity index (χ4v) is 1.38. The van der Waals surface area contributed by atoms with Crippen LogP contribution in [0.3, 0.4) is 0 Å². The molecule has 0 spiro atoms. The SMILES string of the molecule is CC(=O)CC(=O)NC(C)c1ccc(F)c(F)c1. The Hall–Kier alpha value is -1.78. The molecule has 0 saturated carbocycles.